The summed E-state index contributed by atoms with van der Waals surface area (Å²) in [6, 6.07) is 3.92. The molecule has 0 saturated carbocycles. The Morgan fingerprint density at radius 2 is 1.91 bits per heavy atom. The maximum Gasteiger partial charge on any atom is 0.413 e. The number of benzene rings is 1. The molecule has 5 atom stereocenters. The second kappa shape index (κ2) is 10.9. The van der Waals surface area contributed by atoms with Crippen LogP contribution in [0.1, 0.15) is 29.8 Å². The summed E-state index contributed by atoms with van der Waals surface area (Å²) in [6.07, 6.45) is -4.76. The van der Waals surface area contributed by atoms with E-state index in [1.54, 1.807) is 26.0 Å². The van der Waals surface area contributed by atoms with Gasteiger partial charge in [0.2, 0.25) is 0 Å². The number of esters is 1. The average molecular weight is 492 g/mol. The molecule has 1 aromatic carbocycles. The van der Waals surface area contributed by atoms with E-state index < -0.39 is 54.9 Å². The predicted octanol–water partition coefficient (Wildman–Crippen LogP) is -0.527. The minimum absolute atomic E-state index is 0.103. The summed E-state index contributed by atoms with van der Waals surface area (Å²) in [5.74, 6) is -0.277. The number of nitrogens with zero attached hydrogens (tertiary/aromatic N) is 2. The van der Waals surface area contributed by atoms with Gasteiger partial charge < -0.3 is 35.3 Å². The lowest BCUT2D eigenvalue weighted by atomic mass is 10.1. The molecule has 190 valence electrons. The Labute approximate surface area is 200 Å². The van der Waals surface area contributed by atoms with Crippen LogP contribution < -0.4 is 21.5 Å². The molecule has 0 aliphatic carbocycles. The molecule has 0 spiro atoms. The summed E-state index contributed by atoms with van der Waals surface area (Å²) in [6.45, 7) is 4.36. The fourth-order valence-corrected chi connectivity index (χ4v) is 3.55. The van der Waals surface area contributed by atoms with E-state index in [1.165, 1.54) is 19.2 Å². The number of aliphatic hydroxyl groups excluding tert-OH is 3. The van der Waals surface area contributed by atoms with Crippen molar-refractivity contribution < 1.29 is 39.1 Å². The normalized spacial score (nSPS) is 22.5. The van der Waals surface area contributed by atoms with Gasteiger partial charge in [0, 0.05) is 6.20 Å². The summed E-state index contributed by atoms with van der Waals surface area (Å²) in [5.41, 5.74) is 6.63. The van der Waals surface area contributed by atoms with Crippen LogP contribution in [0.2, 0.25) is 0 Å². The average Bonchev–Trinajstić information content (AvgIpc) is 3.08. The Bertz CT molecular complexity index is 1130. The third-order valence-corrected chi connectivity index (χ3v) is 5.32. The fraction of sp³-hybridized carbons (Fsp3) is 0.455. The number of aryl methyl sites for hydroxylation is 2. The van der Waals surface area contributed by atoms with Gasteiger partial charge in [0.05, 0.1) is 6.61 Å². The van der Waals surface area contributed by atoms with Crippen LogP contribution in [0.4, 0.5) is 10.6 Å². The minimum atomic E-state index is -1.45. The number of ether oxygens (including phenoxy) is 3. The van der Waals surface area contributed by atoms with Gasteiger partial charge in [0.25, 0.3) is 0 Å². The highest BCUT2D eigenvalue weighted by atomic mass is 16.6. The number of nitrogens with one attached hydrogen (secondary N) is 1. The third-order valence-electron chi connectivity index (χ3n) is 5.32. The van der Waals surface area contributed by atoms with Gasteiger partial charge >= 0.3 is 17.8 Å². The second-order valence-corrected chi connectivity index (χ2v) is 8.20. The minimum Gasteiger partial charge on any atom is -0.444 e. The standard InChI is InChI=1S/C22H28N4O9/c1-10-6-13(7-11(2)18(10)35-20(30)12(3)23)9-33-22(32)25-15-4-5-26(21(31)24-15)19-17(29)16(28)14(8-27)34-19/h4-7,12,14,16-17,19,27-29H,8-9,23H2,1-3H3,(H,24,25,31,32). The van der Waals surface area contributed by atoms with Crippen molar-refractivity contribution in [2.75, 3.05) is 11.9 Å². The highest BCUT2D eigenvalue weighted by Gasteiger charge is 2.43. The first-order valence-electron chi connectivity index (χ1n) is 10.7. The zero-order valence-electron chi connectivity index (χ0n) is 19.4. The highest BCUT2D eigenvalue weighted by Crippen LogP contribution is 2.28. The largest absolute Gasteiger partial charge is 0.444 e. The Balaban J connectivity index is 1.61. The van der Waals surface area contributed by atoms with E-state index in [0.29, 0.717) is 22.4 Å². The van der Waals surface area contributed by atoms with Crippen LogP contribution in [0, 0.1) is 13.8 Å². The van der Waals surface area contributed by atoms with Gasteiger partial charge in [-0.2, -0.15) is 4.98 Å². The molecule has 5 unspecified atom stereocenters. The number of hydrogen-bond acceptors (Lipinski definition) is 11. The van der Waals surface area contributed by atoms with Crippen molar-refractivity contribution in [2.45, 2.75) is 58.0 Å². The topological polar surface area (TPSA) is 195 Å². The number of nitrogens with two attached hydrogens (primary N) is 1. The SMILES string of the molecule is Cc1cc(COC(=O)Nc2ccn(C3OC(CO)C(O)C3O)c(=O)n2)cc(C)c1OC(=O)C(C)N. The fourth-order valence-electron chi connectivity index (χ4n) is 3.55. The number of amides is 1. The molecule has 1 saturated heterocycles. The molecule has 1 amide bonds. The summed E-state index contributed by atoms with van der Waals surface area (Å²) < 4.78 is 16.7. The molecule has 2 heterocycles. The van der Waals surface area contributed by atoms with Crippen molar-refractivity contribution in [1.82, 2.24) is 9.55 Å². The van der Waals surface area contributed by atoms with E-state index in [-0.39, 0.29) is 12.4 Å². The Morgan fingerprint density at radius 3 is 2.46 bits per heavy atom. The van der Waals surface area contributed by atoms with Crippen LogP contribution in [-0.4, -0.2) is 67.9 Å². The van der Waals surface area contributed by atoms with Gasteiger partial charge in [-0.3, -0.25) is 9.88 Å². The lowest BCUT2D eigenvalue weighted by molar-refractivity contribution is -0.135. The van der Waals surface area contributed by atoms with Crippen LogP contribution in [0.3, 0.4) is 0 Å². The quantitative estimate of drug-likeness (QED) is 0.246. The van der Waals surface area contributed by atoms with E-state index in [4.69, 9.17) is 19.9 Å². The van der Waals surface area contributed by atoms with Crippen molar-refractivity contribution in [1.29, 1.82) is 0 Å². The van der Waals surface area contributed by atoms with Crippen molar-refractivity contribution in [3.8, 4) is 5.75 Å². The maximum atomic E-state index is 12.3. The van der Waals surface area contributed by atoms with Gasteiger partial charge in [0.1, 0.15) is 42.5 Å². The molecule has 0 bridgehead atoms. The van der Waals surface area contributed by atoms with Crippen LogP contribution in [0.25, 0.3) is 0 Å². The molecule has 1 aliphatic rings. The number of rotatable bonds is 7. The first-order valence-corrected chi connectivity index (χ1v) is 10.7. The molecule has 3 rings (SSSR count). The van der Waals surface area contributed by atoms with Gasteiger partial charge in [-0.25, -0.2) is 14.4 Å². The van der Waals surface area contributed by atoms with E-state index in [0.717, 1.165) is 4.57 Å². The van der Waals surface area contributed by atoms with E-state index >= 15 is 0 Å². The predicted molar refractivity (Wildman–Crippen MR) is 121 cm³/mol. The molecule has 6 N–H and O–H groups in total. The molecular weight excluding hydrogens is 464 g/mol. The van der Waals surface area contributed by atoms with Gasteiger partial charge in [-0.15, -0.1) is 0 Å². The number of aliphatic hydroxyl groups is 3. The van der Waals surface area contributed by atoms with Crippen LogP contribution >= 0.6 is 0 Å². The maximum absolute atomic E-state index is 12.3. The number of carbonyl (C=O) groups excluding carboxylic acids is 2. The first-order chi connectivity index (χ1) is 16.5. The number of aromatic nitrogens is 2. The molecular formula is C22H28N4O9. The van der Waals surface area contributed by atoms with Crippen LogP contribution in [0.5, 0.6) is 5.75 Å². The summed E-state index contributed by atoms with van der Waals surface area (Å²) in [5, 5.41) is 31.4. The van der Waals surface area contributed by atoms with Gasteiger partial charge in [-0.05, 0) is 55.7 Å². The molecule has 13 heteroatoms. The lowest BCUT2D eigenvalue weighted by Crippen LogP contribution is -2.36. The monoisotopic (exact) mass is 492 g/mol. The lowest BCUT2D eigenvalue weighted by Gasteiger charge is -2.17. The number of hydrogen-bond donors (Lipinski definition) is 5. The van der Waals surface area contributed by atoms with Crippen molar-refractivity contribution >= 4 is 17.9 Å². The molecule has 13 nitrogen and oxygen atoms in total. The van der Waals surface area contributed by atoms with Crippen molar-refractivity contribution in [3.05, 3.63) is 51.6 Å². The third kappa shape index (κ3) is 6.01. The Morgan fingerprint density at radius 1 is 1.26 bits per heavy atom. The van der Waals surface area contributed by atoms with E-state index in [2.05, 4.69) is 10.3 Å². The number of carbonyl (C=O) groups is 2. The molecule has 0 radical (unpaired) electrons. The first kappa shape index (κ1) is 26.2. The van der Waals surface area contributed by atoms with Crippen molar-refractivity contribution in [2.24, 2.45) is 5.73 Å². The molecule has 1 aromatic heterocycles. The Hall–Kier alpha value is -3.36. The van der Waals surface area contributed by atoms with E-state index in [9.17, 15) is 29.7 Å². The van der Waals surface area contributed by atoms with Gasteiger partial charge in [-0.1, -0.05) is 0 Å². The number of anilines is 1. The summed E-state index contributed by atoms with van der Waals surface area (Å²) >= 11 is 0. The summed E-state index contributed by atoms with van der Waals surface area (Å²) in [4.78, 5) is 40.0. The molecule has 2 aromatic rings. The zero-order valence-corrected chi connectivity index (χ0v) is 19.4. The van der Waals surface area contributed by atoms with Crippen LogP contribution in [-0.2, 0) is 20.9 Å². The van der Waals surface area contributed by atoms with Crippen LogP contribution in [0.15, 0.2) is 29.2 Å². The summed E-state index contributed by atoms with van der Waals surface area (Å²) in [7, 11) is 0. The smallest absolute Gasteiger partial charge is 0.413 e. The molecule has 1 fully saturated rings. The highest BCUT2D eigenvalue weighted by molar-refractivity contribution is 5.83. The van der Waals surface area contributed by atoms with Gasteiger partial charge in [0.15, 0.2) is 6.23 Å². The zero-order chi connectivity index (χ0) is 25.9. The van der Waals surface area contributed by atoms with E-state index in [1.807, 2.05) is 0 Å². The Kier molecular flexibility index (Phi) is 8.19. The molecule has 35 heavy (non-hydrogen) atoms. The molecule has 1 aliphatic heterocycles. The van der Waals surface area contributed by atoms with Crippen molar-refractivity contribution in [3.63, 3.8) is 0 Å². The second-order valence-electron chi connectivity index (χ2n) is 8.20.